The Labute approximate surface area is 111 Å². The normalized spacial score (nSPS) is 10.5. The number of halogens is 1. The first-order valence-corrected chi connectivity index (χ1v) is 5.67. The van der Waals surface area contributed by atoms with Crippen LogP contribution in [0.4, 0.5) is 14.9 Å². The molecular formula is C14H16FNO3. The molecule has 1 N–H and O–H groups in total. The minimum absolute atomic E-state index is 0.0214. The molecule has 5 heteroatoms. The zero-order chi connectivity index (χ0) is 14.5. The molecule has 0 unspecified atom stereocenters. The summed E-state index contributed by atoms with van der Waals surface area (Å²) in [6, 6.07) is 3.73. The van der Waals surface area contributed by atoms with E-state index in [1.165, 1.54) is 12.1 Å². The van der Waals surface area contributed by atoms with Gasteiger partial charge in [0.15, 0.2) is 0 Å². The number of nitrogens with one attached hydrogen (secondary N) is 1. The maximum atomic E-state index is 13.1. The maximum absolute atomic E-state index is 13.1. The minimum atomic E-state index is -0.648. The van der Waals surface area contributed by atoms with Crippen LogP contribution >= 0.6 is 0 Å². The number of carbonyl (C=O) groups excluding carboxylic acids is 1. The van der Waals surface area contributed by atoms with Gasteiger partial charge in [0.2, 0.25) is 0 Å². The van der Waals surface area contributed by atoms with Gasteiger partial charge in [-0.1, -0.05) is 5.92 Å². The SMILES string of the molecule is C#CCOc1cc(F)ccc1NC(=O)OC(C)(C)C. The smallest absolute Gasteiger partial charge is 0.412 e. The van der Waals surface area contributed by atoms with E-state index in [1.54, 1.807) is 20.8 Å². The van der Waals surface area contributed by atoms with Crippen LogP contribution in [-0.4, -0.2) is 18.3 Å². The van der Waals surface area contributed by atoms with E-state index >= 15 is 0 Å². The van der Waals surface area contributed by atoms with Gasteiger partial charge in [-0.15, -0.1) is 6.42 Å². The number of amides is 1. The summed E-state index contributed by atoms with van der Waals surface area (Å²) in [5.41, 5.74) is -0.324. The lowest BCUT2D eigenvalue weighted by Gasteiger charge is -2.20. The number of hydrogen-bond donors (Lipinski definition) is 1. The standard InChI is InChI=1S/C14H16FNO3/c1-5-8-18-12-9-10(15)6-7-11(12)16-13(17)19-14(2,3)4/h1,6-7,9H,8H2,2-4H3,(H,16,17). The van der Waals surface area contributed by atoms with Crippen LogP contribution in [0.3, 0.4) is 0 Å². The fraction of sp³-hybridized carbons (Fsp3) is 0.357. The van der Waals surface area contributed by atoms with E-state index in [9.17, 15) is 9.18 Å². The second-order valence-electron chi connectivity index (χ2n) is 4.76. The van der Waals surface area contributed by atoms with Gasteiger partial charge in [-0.2, -0.15) is 0 Å². The van der Waals surface area contributed by atoms with Crippen molar-refractivity contribution in [1.82, 2.24) is 0 Å². The molecule has 0 aliphatic heterocycles. The van der Waals surface area contributed by atoms with Gasteiger partial charge < -0.3 is 9.47 Å². The van der Waals surface area contributed by atoms with Crippen LogP contribution in [0.25, 0.3) is 0 Å². The highest BCUT2D eigenvalue weighted by Gasteiger charge is 2.17. The summed E-state index contributed by atoms with van der Waals surface area (Å²) in [7, 11) is 0. The molecule has 1 rings (SSSR count). The Balaban J connectivity index is 2.82. The van der Waals surface area contributed by atoms with Crippen molar-refractivity contribution >= 4 is 11.8 Å². The van der Waals surface area contributed by atoms with Crippen molar-refractivity contribution in [1.29, 1.82) is 0 Å². The predicted octanol–water partition coefficient (Wildman–Crippen LogP) is 3.18. The molecule has 0 atom stereocenters. The fourth-order valence-electron chi connectivity index (χ4n) is 1.25. The van der Waals surface area contributed by atoms with Gasteiger partial charge in [-0.05, 0) is 32.9 Å². The average Bonchev–Trinajstić information content (AvgIpc) is 2.27. The maximum Gasteiger partial charge on any atom is 0.412 e. The third-order valence-corrected chi connectivity index (χ3v) is 1.89. The molecule has 1 aromatic carbocycles. The number of hydrogen-bond acceptors (Lipinski definition) is 3. The van der Waals surface area contributed by atoms with E-state index < -0.39 is 17.5 Å². The summed E-state index contributed by atoms with van der Waals surface area (Å²) in [6.07, 6.45) is 4.42. The molecule has 4 nitrogen and oxygen atoms in total. The number of rotatable bonds is 3. The zero-order valence-corrected chi connectivity index (χ0v) is 11.1. The molecule has 19 heavy (non-hydrogen) atoms. The molecule has 0 saturated heterocycles. The monoisotopic (exact) mass is 265 g/mol. The Morgan fingerprint density at radius 1 is 1.47 bits per heavy atom. The third-order valence-electron chi connectivity index (χ3n) is 1.89. The first-order chi connectivity index (χ1) is 8.81. The average molecular weight is 265 g/mol. The van der Waals surface area contributed by atoms with Gasteiger partial charge >= 0.3 is 6.09 Å². The summed E-state index contributed by atoms with van der Waals surface area (Å²) in [4.78, 5) is 11.6. The van der Waals surface area contributed by atoms with Crippen LogP contribution in [-0.2, 0) is 4.74 Å². The first kappa shape index (κ1) is 14.8. The van der Waals surface area contributed by atoms with Crippen molar-refractivity contribution in [3.8, 4) is 18.1 Å². The van der Waals surface area contributed by atoms with Gasteiger partial charge in [0.25, 0.3) is 0 Å². The van der Waals surface area contributed by atoms with Crippen LogP contribution in [0.2, 0.25) is 0 Å². The molecule has 102 valence electrons. The molecule has 0 radical (unpaired) electrons. The zero-order valence-electron chi connectivity index (χ0n) is 11.1. The van der Waals surface area contributed by atoms with Crippen molar-refractivity contribution < 1.29 is 18.7 Å². The Morgan fingerprint density at radius 3 is 2.74 bits per heavy atom. The highest BCUT2D eigenvalue weighted by atomic mass is 19.1. The molecular weight excluding hydrogens is 249 g/mol. The number of anilines is 1. The molecule has 0 aliphatic rings. The lowest BCUT2D eigenvalue weighted by molar-refractivity contribution is 0.0635. The summed E-state index contributed by atoms with van der Waals surface area (Å²) < 4.78 is 23.4. The highest BCUT2D eigenvalue weighted by Crippen LogP contribution is 2.26. The fourth-order valence-corrected chi connectivity index (χ4v) is 1.25. The minimum Gasteiger partial charge on any atom is -0.479 e. The number of carbonyl (C=O) groups is 1. The quantitative estimate of drug-likeness (QED) is 0.854. The summed E-state index contributed by atoms with van der Waals surface area (Å²) in [5.74, 6) is 1.94. The van der Waals surface area contributed by atoms with E-state index in [2.05, 4.69) is 11.2 Å². The summed E-state index contributed by atoms with van der Waals surface area (Å²) >= 11 is 0. The van der Waals surface area contributed by atoms with Gasteiger partial charge in [-0.25, -0.2) is 9.18 Å². The highest BCUT2D eigenvalue weighted by molar-refractivity contribution is 5.86. The molecule has 0 saturated carbocycles. The van der Waals surface area contributed by atoms with Gasteiger partial charge in [0.1, 0.15) is 23.8 Å². The van der Waals surface area contributed by atoms with Crippen molar-refractivity contribution in [3.63, 3.8) is 0 Å². The van der Waals surface area contributed by atoms with E-state index in [0.717, 1.165) is 6.07 Å². The molecule has 0 spiro atoms. The molecule has 0 aliphatic carbocycles. The molecule has 0 bridgehead atoms. The Morgan fingerprint density at radius 2 is 2.16 bits per heavy atom. The lowest BCUT2D eigenvalue weighted by Crippen LogP contribution is -2.27. The number of ether oxygens (including phenoxy) is 2. The van der Waals surface area contributed by atoms with Crippen LogP contribution in [0.1, 0.15) is 20.8 Å². The topological polar surface area (TPSA) is 47.6 Å². The molecule has 1 amide bonds. The van der Waals surface area contributed by atoms with Crippen molar-refractivity contribution in [2.45, 2.75) is 26.4 Å². The Bertz CT molecular complexity index is 500. The molecule has 0 fully saturated rings. The third kappa shape index (κ3) is 5.30. The van der Waals surface area contributed by atoms with E-state index in [0.29, 0.717) is 5.69 Å². The second-order valence-corrected chi connectivity index (χ2v) is 4.76. The van der Waals surface area contributed by atoms with E-state index in [4.69, 9.17) is 15.9 Å². The van der Waals surface area contributed by atoms with Crippen molar-refractivity contribution in [2.75, 3.05) is 11.9 Å². The summed E-state index contributed by atoms with van der Waals surface area (Å²) in [6.45, 7) is 5.21. The van der Waals surface area contributed by atoms with E-state index in [-0.39, 0.29) is 12.4 Å². The van der Waals surface area contributed by atoms with Crippen molar-refractivity contribution in [2.24, 2.45) is 0 Å². The molecule has 1 aromatic rings. The van der Waals surface area contributed by atoms with Crippen molar-refractivity contribution in [3.05, 3.63) is 24.0 Å². The lowest BCUT2D eigenvalue weighted by atomic mass is 10.2. The number of terminal acetylenes is 1. The van der Waals surface area contributed by atoms with Gasteiger partial charge in [0.05, 0.1) is 5.69 Å². The Hall–Kier alpha value is -2.22. The first-order valence-electron chi connectivity index (χ1n) is 5.67. The largest absolute Gasteiger partial charge is 0.479 e. The van der Waals surface area contributed by atoms with Crippen LogP contribution in [0.5, 0.6) is 5.75 Å². The van der Waals surface area contributed by atoms with Gasteiger partial charge in [0, 0.05) is 6.07 Å². The Kier molecular flexibility index (Phi) is 4.76. The van der Waals surface area contributed by atoms with Crippen LogP contribution in [0.15, 0.2) is 18.2 Å². The van der Waals surface area contributed by atoms with Crippen LogP contribution in [0, 0.1) is 18.2 Å². The van der Waals surface area contributed by atoms with Crippen LogP contribution < -0.4 is 10.1 Å². The van der Waals surface area contributed by atoms with E-state index in [1.807, 2.05) is 0 Å². The number of benzene rings is 1. The van der Waals surface area contributed by atoms with Gasteiger partial charge in [-0.3, -0.25) is 5.32 Å². The molecule has 0 heterocycles. The second kappa shape index (κ2) is 6.10. The molecule has 0 aromatic heterocycles. The summed E-state index contributed by atoms with van der Waals surface area (Å²) in [5, 5.41) is 2.48. The predicted molar refractivity (Wildman–Crippen MR) is 70.6 cm³/mol.